The maximum Gasteiger partial charge on any atom is 0.259 e. The second kappa shape index (κ2) is 10.6. The minimum Gasteiger partial charge on any atom is -0.338 e. The van der Waals surface area contributed by atoms with E-state index in [4.69, 9.17) is 0 Å². The van der Waals surface area contributed by atoms with Crippen LogP contribution in [0.5, 0.6) is 0 Å². The van der Waals surface area contributed by atoms with Crippen molar-refractivity contribution in [2.45, 2.75) is 57.7 Å². The zero-order chi connectivity index (χ0) is 22.5. The minimum absolute atomic E-state index is 0.0500. The van der Waals surface area contributed by atoms with E-state index in [1.165, 1.54) is 34.3 Å². The van der Waals surface area contributed by atoms with Crippen LogP contribution in [0.3, 0.4) is 0 Å². The Bertz CT molecular complexity index is 1140. The molecule has 32 heavy (non-hydrogen) atoms. The van der Waals surface area contributed by atoms with Crippen LogP contribution in [0.25, 0.3) is 10.2 Å². The maximum atomic E-state index is 13.2. The molecule has 0 radical (unpaired) electrons. The number of thiophene rings is 1. The van der Waals surface area contributed by atoms with Crippen molar-refractivity contribution in [3.63, 3.8) is 0 Å². The number of benzene rings is 1. The van der Waals surface area contributed by atoms with E-state index in [2.05, 4.69) is 16.9 Å². The molecule has 1 N–H and O–H groups in total. The molecule has 1 aliphatic carbocycles. The normalized spacial score (nSPS) is 12.9. The second-order valence-electron chi connectivity index (χ2n) is 8.19. The second-order valence-corrected chi connectivity index (χ2v) is 10.3. The van der Waals surface area contributed by atoms with Crippen LogP contribution in [0.15, 0.2) is 29.1 Å². The summed E-state index contributed by atoms with van der Waals surface area (Å²) in [5, 5.41) is 0.758. The lowest BCUT2D eigenvalue weighted by Crippen LogP contribution is -2.33. The lowest BCUT2D eigenvalue weighted by molar-refractivity contribution is -0.129. The van der Waals surface area contributed by atoms with Gasteiger partial charge in [0.25, 0.3) is 5.56 Å². The van der Waals surface area contributed by atoms with Gasteiger partial charge in [0.05, 0.1) is 16.9 Å². The number of aryl methyl sites for hydroxylation is 2. The Hall–Kier alpha value is -2.19. The van der Waals surface area contributed by atoms with Gasteiger partial charge < -0.3 is 9.88 Å². The van der Waals surface area contributed by atoms with Crippen LogP contribution in [0.1, 0.15) is 54.4 Å². The summed E-state index contributed by atoms with van der Waals surface area (Å²) < 4.78 is 13.2. The van der Waals surface area contributed by atoms with Gasteiger partial charge in [-0.3, -0.25) is 9.59 Å². The summed E-state index contributed by atoms with van der Waals surface area (Å²) in [7, 11) is 0. The van der Waals surface area contributed by atoms with Gasteiger partial charge in [0, 0.05) is 18.0 Å². The number of rotatable bonds is 10. The Balaban J connectivity index is 1.37. The van der Waals surface area contributed by atoms with Gasteiger partial charge >= 0.3 is 0 Å². The fourth-order valence-electron chi connectivity index (χ4n) is 4.10. The van der Waals surface area contributed by atoms with Crippen molar-refractivity contribution in [3.05, 3.63) is 62.3 Å². The largest absolute Gasteiger partial charge is 0.338 e. The Morgan fingerprint density at radius 2 is 2.06 bits per heavy atom. The fourth-order valence-corrected chi connectivity index (χ4v) is 6.17. The van der Waals surface area contributed by atoms with Crippen molar-refractivity contribution >= 4 is 39.2 Å². The molecule has 2 heterocycles. The van der Waals surface area contributed by atoms with Crippen molar-refractivity contribution in [3.8, 4) is 0 Å². The monoisotopic (exact) mass is 473 g/mol. The van der Waals surface area contributed by atoms with Crippen molar-refractivity contribution in [2.75, 3.05) is 12.3 Å². The van der Waals surface area contributed by atoms with Gasteiger partial charge in [-0.05, 0) is 48.9 Å². The summed E-state index contributed by atoms with van der Waals surface area (Å²) in [4.78, 5) is 37.0. The molecule has 0 fully saturated rings. The summed E-state index contributed by atoms with van der Waals surface area (Å²) in [6, 6.07) is 6.31. The highest BCUT2D eigenvalue weighted by Gasteiger charge is 2.21. The molecule has 0 unspecified atom stereocenters. The summed E-state index contributed by atoms with van der Waals surface area (Å²) in [6.45, 7) is 3.30. The van der Waals surface area contributed by atoms with E-state index < -0.39 is 0 Å². The molecule has 0 spiro atoms. The molecule has 170 valence electrons. The van der Waals surface area contributed by atoms with Gasteiger partial charge in [-0.25, -0.2) is 9.37 Å². The molecular formula is C24H28FN3O2S2. The highest BCUT2D eigenvalue weighted by atomic mass is 32.2. The quantitative estimate of drug-likeness (QED) is 0.418. The first-order valence-corrected chi connectivity index (χ1v) is 13.2. The molecule has 4 rings (SSSR count). The van der Waals surface area contributed by atoms with Crippen molar-refractivity contribution in [1.82, 2.24) is 14.9 Å². The molecule has 2 aromatic heterocycles. The number of hydrogen-bond donors (Lipinski definition) is 1. The SMILES string of the molecule is CCCCCN(Cc1ccc(F)cc1)C(=O)CSCc1nc2sc3c(c2c(=O)[nH]1)CCC3. The van der Waals surface area contributed by atoms with E-state index in [1.807, 2.05) is 4.90 Å². The first-order valence-electron chi connectivity index (χ1n) is 11.2. The van der Waals surface area contributed by atoms with Gasteiger partial charge in [-0.2, -0.15) is 0 Å². The number of amides is 1. The van der Waals surface area contributed by atoms with Crippen LogP contribution in [0, 0.1) is 5.82 Å². The number of aromatic nitrogens is 2. The number of H-pyrrole nitrogens is 1. The number of unbranched alkanes of at least 4 members (excludes halogenated alkanes) is 2. The molecule has 0 saturated heterocycles. The summed E-state index contributed by atoms with van der Waals surface area (Å²) >= 11 is 3.09. The van der Waals surface area contributed by atoms with E-state index in [1.54, 1.807) is 23.5 Å². The number of nitrogens with zero attached hydrogens (tertiary/aromatic N) is 2. The number of hydrogen-bond acceptors (Lipinski definition) is 5. The molecule has 1 aromatic carbocycles. The van der Waals surface area contributed by atoms with Crippen LogP contribution in [0.2, 0.25) is 0 Å². The summed E-state index contributed by atoms with van der Waals surface area (Å²) in [6.07, 6.45) is 6.21. The van der Waals surface area contributed by atoms with Crippen LogP contribution >= 0.6 is 23.1 Å². The smallest absolute Gasteiger partial charge is 0.259 e. The third-order valence-corrected chi connectivity index (χ3v) is 7.87. The van der Waals surface area contributed by atoms with Gasteiger partial charge in [-0.1, -0.05) is 31.9 Å². The molecule has 0 aliphatic heterocycles. The molecule has 1 amide bonds. The van der Waals surface area contributed by atoms with Gasteiger partial charge in [0.1, 0.15) is 16.5 Å². The topological polar surface area (TPSA) is 66.1 Å². The van der Waals surface area contributed by atoms with Crippen LogP contribution in [0.4, 0.5) is 4.39 Å². The van der Waals surface area contributed by atoms with Gasteiger partial charge in [0.15, 0.2) is 0 Å². The first kappa shape index (κ1) is 23.0. The minimum atomic E-state index is -0.275. The van der Waals surface area contributed by atoms with E-state index in [-0.39, 0.29) is 17.3 Å². The number of fused-ring (bicyclic) bond motifs is 3. The lowest BCUT2D eigenvalue weighted by Gasteiger charge is -2.23. The molecule has 0 saturated carbocycles. The van der Waals surface area contributed by atoms with Crippen molar-refractivity contribution < 1.29 is 9.18 Å². The predicted molar refractivity (Wildman–Crippen MR) is 130 cm³/mol. The number of thioether (sulfide) groups is 1. The maximum absolute atomic E-state index is 13.2. The highest BCUT2D eigenvalue weighted by molar-refractivity contribution is 7.99. The fraction of sp³-hybridized carbons (Fsp3) is 0.458. The number of carbonyl (C=O) groups is 1. The van der Waals surface area contributed by atoms with Gasteiger partial charge in [0.2, 0.25) is 5.91 Å². The third-order valence-electron chi connectivity index (χ3n) is 5.76. The standard InChI is InChI=1S/C24H28FN3O2S2/c1-2-3-4-12-28(13-16-8-10-17(25)11-9-16)21(29)15-31-14-20-26-23(30)22-18-6-5-7-19(18)32-24(22)27-20/h8-11H,2-7,12-15H2,1H3,(H,26,27,30). The Morgan fingerprint density at radius 1 is 1.25 bits per heavy atom. The van der Waals surface area contributed by atoms with Crippen LogP contribution in [-0.4, -0.2) is 33.1 Å². The van der Waals surface area contributed by atoms with Crippen molar-refractivity contribution in [2.24, 2.45) is 0 Å². The van der Waals surface area contributed by atoms with Crippen LogP contribution in [-0.2, 0) is 29.9 Å². The van der Waals surface area contributed by atoms with Crippen LogP contribution < -0.4 is 5.56 Å². The summed E-state index contributed by atoms with van der Waals surface area (Å²) in [5.41, 5.74) is 2.04. The Labute approximate surface area is 195 Å². The molecule has 8 heteroatoms. The Morgan fingerprint density at radius 3 is 2.84 bits per heavy atom. The van der Waals surface area contributed by atoms with Crippen molar-refractivity contribution in [1.29, 1.82) is 0 Å². The highest BCUT2D eigenvalue weighted by Crippen LogP contribution is 2.34. The molecule has 0 atom stereocenters. The summed E-state index contributed by atoms with van der Waals surface area (Å²) in [5.74, 6) is 1.20. The molecule has 5 nitrogen and oxygen atoms in total. The zero-order valence-electron chi connectivity index (χ0n) is 18.3. The third kappa shape index (κ3) is 5.41. The lowest BCUT2D eigenvalue weighted by atomic mass is 10.2. The Kier molecular flexibility index (Phi) is 7.63. The number of aromatic amines is 1. The molecular weight excluding hydrogens is 445 g/mol. The van der Waals surface area contributed by atoms with E-state index in [9.17, 15) is 14.0 Å². The average molecular weight is 474 g/mol. The first-order chi connectivity index (χ1) is 15.5. The van der Waals surface area contributed by atoms with E-state index in [0.717, 1.165) is 54.3 Å². The average Bonchev–Trinajstić information content (AvgIpc) is 3.35. The van der Waals surface area contributed by atoms with Gasteiger partial charge in [-0.15, -0.1) is 23.1 Å². The predicted octanol–water partition coefficient (Wildman–Crippen LogP) is 5.06. The van der Waals surface area contributed by atoms with E-state index >= 15 is 0 Å². The zero-order valence-corrected chi connectivity index (χ0v) is 19.9. The molecule has 1 aliphatic rings. The molecule has 0 bridgehead atoms. The number of nitrogens with one attached hydrogen (secondary N) is 1. The number of carbonyl (C=O) groups excluding carboxylic acids is 1. The van der Waals surface area contributed by atoms with E-state index in [0.29, 0.717) is 30.4 Å². The molecule has 3 aromatic rings. The number of halogens is 1.